The number of thioether (sulfide) groups is 1. The molecular weight excluding hydrogens is 518 g/mol. The maximum atomic E-state index is 12.5. The molecule has 5 rings (SSSR count). The van der Waals surface area contributed by atoms with Crippen LogP contribution in [0.5, 0.6) is 11.5 Å². The average Bonchev–Trinajstić information content (AvgIpc) is 3.38. The fourth-order valence-corrected chi connectivity index (χ4v) is 4.45. The summed E-state index contributed by atoms with van der Waals surface area (Å²) in [5.74, 6) is 1.93. The van der Waals surface area contributed by atoms with Crippen LogP contribution in [0.4, 0.5) is 0 Å². The summed E-state index contributed by atoms with van der Waals surface area (Å²) in [5.41, 5.74) is 5.12. The van der Waals surface area contributed by atoms with Crippen molar-refractivity contribution in [3.8, 4) is 28.6 Å². The molecule has 7 nitrogen and oxygen atoms in total. The van der Waals surface area contributed by atoms with Crippen LogP contribution in [0.1, 0.15) is 5.56 Å². The van der Waals surface area contributed by atoms with Crippen LogP contribution in [0, 0.1) is 0 Å². The van der Waals surface area contributed by atoms with Gasteiger partial charge in [-0.05, 0) is 54.1 Å². The minimum Gasteiger partial charge on any atom is -0.457 e. The van der Waals surface area contributed by atoms with Gasteiger partial charge in [0.2, 0.25) is 0 Å². The number of amides is 1. The smallest absolute Gasteiger partial charge is 0.250 e. The van der Waals surface area contributed by atoms with Crippen LogP contribution >= 0.6 is 23.4 Å². The highest BCUT2D eigenvalue weighted by Gasteiger charge is 2.17. The second-order valence-corrected chi connectivity index (χ2v) is 9.43. The number of nitrogens with one attached hydrogen (secondary N) is 1. The fourth-order valence-electron chi connectivity index (χ4n) is 3.58. The van der Waals surface area contributed by atoms with Crippen LogP contribution in [0.3, 0.4) is 0 Å². The first-order valence-electron chi connectivity index (χ1n) is 11.7. The average molecular weight is 540 g/mol. The molecule has 0 saturated carbocycles. The molecule has 1 heterocycles. The topological polar surface area (TPSA) is 81.4 Å². The summed E-state index contributed by atoms with van der Waals surface area (Å²) in [5, 5.41) is 14.0. The number of aromatic nitrogens is 3. The van der Waals surface area contributed by atoms with Crippen molar-refractivity contribution in [2.75, 3.05) is 5.75 Å². The number of rotatable bonds is 9. The highest BCUT2D eigenvalue weighted by molar-refractivity contribution is 7.99. The lowest BCUT2D eigenvalue weighted by Gasteiger charge is -2.10. The highest BCUT2D eigenvalue weighted by atomic mass is 35.5. The molecule has 0 aliphatic carbocycles. The number of para-hydroxylation sites is 1. The zero-order chi connectivity index (χ0) is 26.2. The number of hydrazone groups is 1. The molecule has 4 aromatic carbocycles. The predicted octanol–water partition coefficient (Wildman–Crippen LogP) is 6.62. The van der Waals surface area contributed by atoms with Crippen molar-refractivity contribution in [3.63, 3.8) is 0 Å². The third-order valence-electron chi connectivity index (χ3n) is 5.32. The summed E-state index contributed by atoms with van der Waals surface area (Å²) in [4.78, 5) is 12.5. The Labute approximate surface area is 229 Å². The quantitative estimate of drug-likeness (QED) is 0.129. The number of hydrogen-bond donors (Lipinski definition) is 1. The van der Waals surface area contributed by atoms with E-state index >= 15 is 0 Å². The molecule has 0 fully saturated rings. The van der Waals surface area contributed by atoms with Crippen molar-refractivity contribution in [1.82, 2.24) is 20.2 Å². The molecule has 0 saturated heterocycles. The van der Waals surface area contributed by atoms with E-state index in [-0.39, 0.29) is 11.7 Å². The van der Waals surface area contributed by atoms with E-state index in [0.717, 1.165) is 22.6 Å². The lowest BCUT2D eigenvalue weighted by Crippen LogP contribution is -2.20. The second kappa shape index (κ2) is 12.2. The van der Waals surface area contributed by atoms with Gasteiger partial charge in [0.05, 0.1) is 12.0 Å². The molecule has 1 N–H and O–H groups in total. The maximum Gasteiger partial charge on any atom is 0.250 e. The normalized spacial score (nSPS) is 11.0. The van der Waals surface area contributed by atoms with E-state index in [4.69, 9.17) is 16.3 Å². The van der Waals surface area contributed by atoms with E-state index < -0.39 is 0 Å². The Balaban J connectivity index is 1.24. The lowest BCUT2D eigenvalue weighted by molar-refractivity contribution is -0.118. The van der Waals surface area contributed by atoms with Crippen LogP contribution in [0.15, 0.2) is 119 Å². The van der Waals surface area contributed by atoms with Gasteiger partial charge in [0.25, 0.3) is 5.91 Å². The van der Waals surface area contributed by atoms with Gasteiger partial charge in [-0.2, -0.15) is 5.10 Å². The third kappa shape index (κ3) is 6.47. The number of benzene rings is 4. The SMILES string of the molecule is O=C(CSc1nnc(-c2ccccc2)n1-c1ccc(Cl)cc1)N/N=C/c1cccc(Oc2ccccc2)c1. The monoisotopic (exact) mass is 539 g/mol. The number of ether oxygens (including phenoxy) is 1. The highest BCUT2D eigenvalue weighted by Crippen LogP contribution is 2.28. The molecule has 0 atom stereocenters. The van der Waals surface area contributed by atoms with Gasteiger partial charge in [-0.3, -0.25) is 9.36 Å². The van der Waals surface area contributed by atoms with E-state index in [1.165, 1.54) is 11.8 Å². The molecule has 0 aliphatic heterocycles. The molecular formula is C29H22ClN5O2S. The minimum absolute atomic E-state index is 0.106. The van der Waals surface area contributed by atoms with Gasteiger partial charge in [-0.25, -0.2) is 5.43 Å². The first-order chi connectivity index (χ1) is 18.7. The van der Waals surface area contributed by atoms with Crippen molar-refractivity contribution in [2.24, 2.45) is 5.10 Å². The number of halogens is 1. The molecule has 0 bridgehead atoms. The molecule has 9 heteroatoms. The van der Waals surface area contributed by atoms with E-state index in [0.29, 0.717) is 21.8 Å². The second-order valence-electron chi connectivity index (χ2n) is 8.05. The Morgan fingerprint density at radius 1 is 0.895 bits per heavy atom. The van der Waals surface area contributed by atoms with Gasteiger partial charge < -0.3 is 4.74 Å². The van der Waals surface area contributed by atoms with Gasteiger partial charge in [0.15, 0.2) is 11.0 Å². The van der Waals surface area contributed by atoms with Gasteiger partial charge in [0, 0.05) is 16.3 Å². The summed E-state index contributed by atoms with van der Waals surface area (Å²) in [6.07, 6.45) is 1.57. The Morgan fingerprint density at radius 3 is 2.37 bits per heavy atom. The number of carbonyl (C=O) groups excluding carboxylic acids is 1. The summed E-state index contributed by atoms with van der Waals surface area (Å²) in [6.45, 7) is 0. The van der Waals surface area contributed by atoms with Gasteiger partial charge in [-0.15, -0.1) is 10.2 Å². The van der Waals surface area contributed by atoms with Crippen LogP contribution in [-0.4, -0.2) is 32.6 Å². The van der Waals surface area contributed by atoms with E-state index in [1.54, 1.807) is 18.3 Å². The Hall–Kier alpha value is -4.40. The number of nitrogens with zero attached hydrogens (tertiary/aromatic N) is 4. The largest absolute Gasteiger partial charge is 0.457 e. The first-order valence-corrected chi connectivity index (χ1v) is 13.1. The molecule has 0 radical (unpaired) electrons. The number of hydrogen-bond acceptors (Lipinski definition) is 6. The molecule has 0 unspecified atom stereocenters. The minimum atomic E-state index is -0.269. The van der Waals surface area contributed by atoms with Gasteiger partial charge >= 0.3 is 0 Å². The Kier molecular flexibility index (Phi) is 8.13. The van der Waals surface area contributed by atoms with Gasteiger partial charge in [-0.1, -0.05) is 84.0 Å². The molecule has 1 aromatic heterocycles. The van der Waals surface area contributed by atoms with Crippen molar-refractivity contribution < 1.29 is 9.53 Å². The van der Waals surface area contributed by atoms with Crippen molar-refractivity contribution in [2.45, 2.75) is 5.16 Å². The molecule has 0 aliphatic rings. The Bertz CT molecular complexity index is 1540. The zero-order valence-electron chi connectivity index (χ0n) is 20.1. The van der Waals surface area contributed by atoms with Gasteiger partial charge in [0.1, 0.15) is 11.5 Å². The summed E-state index contributed by atoms with van der Waals surface area (Å²) in [6, 6.07) is 34.1. The maximum absolute atomic E-state index is 12.5. The first kappa shape index (κ1) is 25.3. The van der Waals surface area contributed by atoms with Crippen LogP contribution in [-0.2, 0) is 4.79 Å². The lowest BCUT2D eigenvalue weighted by atomic mass is 10.2. The van der Waals surface area contributed by atoms with Crippen molar-refractivity contribution in [3.05, 3.63) is 120 Å². The summed E-state index contributed by atoms with van der Waals surface area (Å²) >= 11 is 7.36. The fraction of sp³-hybridized carbons (Fsp3) is 0.0345. The van der Waals surface area contributed by atoms with Crippen molar-refractivity contribution in [1.29, 1.82) is 0 Å². The van der Waals surface area contributed by atoms with E-state index in [9.17, 15) is 4.79 Å². The molecule has 188 valence electrons. The van der Waals surface area contributed by atoms with Crippen molar-refractivity contribution >= 4 is 35.5 Å². The molecule has 38 heavy (non-hydrogen) atoms. The van der Waals surface area contributed by atoms with Crippen LogP contribution in [0.25, 0.3) is 17.1 Å². The van der Waals surface area contributed by atoms with E-state index in [1.807, 2.05) is 102 Å². The Morgan fingerprint density at radius 2 is 1.61 bits per heavy atom. The zero-order valence-corrected chi connectivity index (χ0v) is 21.6. The summed E-state index contributed by atoms with van der Waals surface area (Å²) < 4.78 is 7.76. The molecule has 0 spiro atoms. The summed E-state index contributed by atoms with van der Waals surface area (Å²) in [7, 11) is 0. The van der Waals surface area contributed by atoms with E-state index in [2.05, 4.69) is 20.7 Å². The molecule has 1 amide bonds. The number of carbonyl (C=O) groups is 1. The standard InChI is InChI=1S/C29H22ClN5O2S/c30-23-14-16-24(17-15-23)35-28(22-9-3-1-4-10-22)33-34-29(35)38-20-27(36)32-31-19-21-8-7-13-26(18-21)37-25-11-5-2-6-12-25/h1-19H,20H2,(H,32,36)/b31-19+. The molecule has 5 aromatic rings. The predicted molar refractivity (Wildman–Crippen MR) is 151 cm³/mol. The van der Waals surface area contributed by atoms with Crippen LogP contribution in [0.2, 0.25) is 5.02 Å². The van der Waals surface area contributed by atoms with Crippen LogP contribution < -0.4 is 10.2 Å². The third-order valence-corrected chi connectivity index (χ3v) is 6.50.